The number of benzene rings is 3. The van der Waals surface area contributed by atoms with Gasteiger partial charge in [0.25, 0.3) is 0 Å². The molecule has 29 heavy (non-hydrogen) atoms. The van der Waals surface area contributed by atoms with E-state index < -0.39 is 5.97 Å². The van der Waals surface area contributed by atoms with Crippen molar-refractivity contribution in [3.8, 4) is 11.5 Å². The fourth-order valence-corrected chi connectivity index (χ4v) is 3.20. The van der Waals surface area contributed by atoms with Gasteiger partial charge in [0, 0.05) is 10.0 Å². The van der Waals surface area contributed by atoms with E-state index in [0.29, 0.717) is 33.8 Å². The molecule has 0 fully saturated rings. The minimum absolute atomic E-state index is 0.131. The molecule has 0 unspecified atom stereocenters. The average Bonchev–Trinajstić information content (AvgIpc) is 3.03. The van der Waals surface area contributed by atoms with Crippen LogP contribution in [-0.4, -0.2) is 11.8 Å². The van der Waals surface area contributed by atoms with Gasteiger partial charge in [-0.05, 0) is 67.1 Å². The van der Waals surface area contributed by atoms with Crippen molar-refractivity contribution in [1.29, 1.82) is 0 Å². The largest absolute Gasteiger partial charge is 0.452 e. The Morgan fingerprint density at radius 1 is 1.03 bits per heavy atom. The predicted molar refractivity (Wildman–Crippen MR) is 110 cm³/mol. The number of halogens is 2. The maximum atomic E-state index is 13.1. The molecule has 0 saturated heterocycles. The molecular weight excluding hydrogens is 439 g/mol. The summed E-state index contributed by atoms with van der Waals surface area (Å²) >= 11 is 3.32. The van der Waals surface area contributed by atoms with Gasteiger partial charge in [0.2, 0.25) is 5.78 Å². The molecule has 4 rings (SSSR count). The molecule has 1 heterocycles. The van der Waals surface area contributed by atoms with Crippen molar-refractivity contribution in [2.24, 2.45) is 0 Å². The first-order valence-electron chi connectivity index (χ1n) is 8.73. The highest BCUT2D eigenvalue weighted by atomic mass is 79.9. The molecule has 3 aromatic rings. The summed E-state index contributed by atoms with van der Waals surface area (Å²) in [5.74, 6) is -0.351. The van der Waals surface area contributed by atoms with E-state index in [4.69, 9.17) is 9.47 Å². The second-order valence-electron chi connectivity index (χ2n) is 6.45. The number of fused-ring (bicyclic) bond motifs is 1. The molecule has 0 atom stereocenters. The van der Waals surface area contributed by atoms with Crippen molar-refractivity contribution >= 4 is 33.8 Å². The Balaban J connectivity index is 1.60. The number of ketones is 1. The molecule has 3 aromatic carbocycles. The third-order valence-electron chi connectivity index (χ3n) is 4.49. The minimum atomic E-state index is -0.507. The number of hydrogen-bond acceptors (Lipinski definition) is 4. The van der Waals surface area contributed by atoms with Gasteiger partial charge in [0.1, 0.15) is 17.3 Å². The van der Waals surface area contributed by atoms with E-state index in [1.54, 1.807) is 61.5 Å². The highest BCUT2D eigenvalue weighted by Gasteiger charge is 2.30. The molecule has 0 aliphatic carbocycles. The number of rotatable bonds is 3. The first-order valence-corrected chi connectivity index (χ1v) is 9.53. The lowest BCUT2D eigenvalue weighted by Gasteiger charge is -2.10. The van der Waals surface area contributed by atoms with Crippen molar-refractivity contribution in [3.63, 3.8) is 0 Å². The SMILES string of the molecule is Cc1c(OC(=O)c2ccc(Br)cc2)ccc2c1O/C(=C\c1ccc(F)cc1)C2=O. The van der Waals surface area contributed by atoms with E-state index in [-0.39, 0.29) is 17.4 Å². The summed E-state index contributed by atoms with van der Waals surface area (Å²) in [6, 6.07) is 15.7. The van der Waals surface area contributed by atoms with Crippen LogP contribution < -0.4 is 9.47 Å². The summed E-state index contributed by atoms with van der Waals surface area (Å²) < 4.78 is 25.2. The van der Waals surface area contributed by atoms with Gasteiger partial charge >= 0.3 is 5.97 Å². The molecule has 0 aromatic heterocycles. The summed E-state index contributed by atoms with van der Waals surface area (Å²) in [5, 5.41) is 0. The zero-order valence-electron chi connectivity index (χ0n) is 15.2. The molecule has 0 bridgehead atoms. The summed E-state index contributed by atoms with van der Waals surface area (Å²) in [6.07, 6.45) is 1.55. The van der Waals surface area contributed by atoms with E-state index in [1.807, 2.05) is 0 Å². The van der Waals surface area contributed by atoms with Gasteiger partial charge in [-0.1, -0.05) is 28.1 Å². The summed E-state index contributed by atoms with van der Waals surface area (Å²) in [5.41, 5.74) is 1.98. The Hall–Kier alpha value is -3.25. The third kappa shape index (κ3) is 3.84. The minimum Gasteiger partial charge on any atom is -0.452 e. The molecule has 0 spiro atoms. The quantitative estimate of drug-likeness (QED) is 0.289. The maximum Gasteiger partial charge on any atom is 0.343 e. The highest BCUT2D eigenvalue weighted by Crippen LogP contribution is 2.39. The van der Waals surface area contributed by atoms with Gasteiger partial charge in [-0.2, -0.15) is 0 Å². The van der Waals surface area contributed by atoms with Crippen molar-refractivity contribution in [3.05, 3.63) is 99.0 Å². The van der Waals surface area contributed by atoms with Gasteiger partial charge < -0.3 is 9.47 Å². The maximum absolute atomic E-state index is 13.1. The van der Waals surface area contributed by atoms with Crippen LogP contribution in [0.3, 0.4) is 0 Å². The molecule has 1 aliphatic heterocycles. The fourth-order valence-electron chi connectivity index (χ4n) is 2.93. The molecule has 0 N–H and O–H groups in total. The van der Waals surface area contributed by atoms with Crippen molar-refractivity contribution < 1.29 is 23.5 Å². The molecule has 144 valence electrons. The lowest BCUT2D eigenvalue weighted by atomic mass is 10.1. The van der Waals surface area contributed by atoms with E-state index in [0.717, 1.165) is 4.47 Å². The van der Waals surface area contributed by atoms with E-state index in [2.05, 4.69) is 15.9 Å². The number of esters is 1. The summed E-state index contributed by atoms with van der Waals surface area (Å²) in [4.78, 5) is 25.0. The fraction of sp³-hybridized carbons (Fsp3) is 0.0435. The first-order chi connectivity index (χ1) is 13.9. The van der Waals surface area contributed by atoms with Crippen LogP contribution in [0.15, 0.2) is 70.9 Å². The zero-order chi connectivity index (χ0) is 20.5. The van der Waals surface area contributed by atoms with E-state index in [9.17, 15) is 14.0 Å². The van der Waals surface area contributed by atoms with Gasteiger partial charge in [0.05, 0.1) is 11.1 Å². The standard InChI is InChI=1S/C23H14BrFO4/c1-13-19(29-23(27)15-4-6-16(24)7-5-15)11-10-18-21(26)20(28-22(13)18)12-14-2-8-17(25)9-3-14/h2-12H,1H3/b20-12-. The van der Waals surface area contributed by atoms with Crippen LogP contribution in [0, 0.1) is 12.7 Å². The normalized spacial score (nSPS) is 13.9. The second kappa shape index (κ2) is 7.64. The molecule has 6 heteroatoms. The van der Waals surface area contributed by atoms with Crippen LogP contribution in [0.25, 0.3) is 6.08 Å². The van der Waals surface area contributed by atoms with E-state index >= 15 is 0 Å². The number of hydrogen-bond donors (Lipinski definition) is 0. The van der Waals surface area contributed by atoms with Gasteiger partial charge in [0.15, 0.2) is 5.76 Å². The van der Waals surface area contributed by atoms with Crippen LogP contribution in [-0.2, 0) is 0 Å². The monoisotopic (exact) mass is 452 g/mol. The molecule has 0 radical (unpaired) electrons. The van der Waals surface area contributed by atoms with Gasteiger partial charge in [-0.25, -0.2) is 9.18 Å². The number of carbonyl (C=O) groups is 2. The lowest BCUT2D eigenvalue weighted by molar-refractivity contribution is 0.0733. The van der Waals surface area contributed by atoms with Crippen molar-refractivity contribution in [2.75, 3.05) is 0 Å². The average molecular weight is 453 g/mol. The zero-order valence-corrected chi connectivity index (χ0v) is 16.8. The van der Waals surface area contributed by atoms with Crippen LogP contribution in [0.1, 0.15) is 31.8 Å². The number of carbonyl (C=O) groups excluding carboxylic acids is 2. The predicted octanol–water partition coefficient (Wildman–Crippen LogP) is 5.73. The molecule has 4 nitrogen and oxygen atoms in total. The number of ether oxygens (including phenoxy) is 2. The Labute approximate surface area is 174 Å². The highest BCUT2D eigenvalue weighted by molar-refractivity contribution is 9.10. The van der Waals surface area contributed by atoms with Crippen molar-refractivity contribution in [1.82, 2.24) is 0 Å². The Bertz CT molecular complexity index is 1150. The molecule has 0 saturated carbocycles. The van der Waals surface area contributed by atoms with Gasteiger partial charge in [-0.15, -0.1) is 0 Å². The second-order valence-corrected chi connectivity index (χ2v) is 7.37. The molecular formula is C23H14BrFO4. The van der Waals surface area contributed by atoms with Gasteiger partial charge in [-0.3, -0.25) is 4.79 Å². The Morgan fingerprint density at radius 2 is 1.72 bits per heavy atom. The number of Topliss-reactive ketones (excluding diaryl/α,β-unsaturated/α-hetero) is 1. The van der Waals surface area contributed by atoms with Crippen LogP contribution in [0.4, 0.5) is 4.39 Å². The first kappa shape index (κ1) is 19.1. The van der Waals surface area contributed by atoms with Crippen LogP contribution >= 0.6 is 15.9 Å². The Morgan fingerprint density at radius 3 is 2.41 bits per heavy atom. The smallest absolute Gasteiger partial charge is 0.343 e. The van der Waals surface area contributed by atoms with Crippen LogP contribution in [0.5, 0.6) is 11.5 Å². The van der Waals surface area contributed by atoms with E-state index in [1.165, 1.54) is 12.1 Å². The molecule has 1 aliphatic rings. The van der Waals surface area contributed by atoms with Crippen LogP contribution in [0.2, 0.25) is 0 Å². The summed E-state index contributed by atoms with van der Waals surface area (Å²) in [6.45, 7) is 1.72. The molecule has 0 amide bonds. The van der Waals surface area contributed by atoms with Crippen molar-refractivity contribution in [2.45, 2.75) is 6.92 Å². The topological polar surface area (TPSA) is 52.6 Å². The Kier molecular flexibility index (Phi) is 5.03. The lowest BCUT2D eigenvalue weighted by Crippen LogP contribution is -2.09. The summed E-state index contributed by atoms with van der Waals surface area (Å²) in [7, 11) is 0. The third-order valence-corrected chi connectivity index (χ3v) is 5.02. The number of allylic oxidation sites excluding steroid dienone is 1.